The van der Waals surface area contributed by atoms with Gasteiger partial charge >= 0.3 is 0 Å². The number of amides is 1. The Bertz CT molecular complexity index is 524. The van der Waals surface area contributed by atoms with E-state index in [0.717, 1.165) is 44.4 Å². The lowest BCUT2D eigenvalue weighted by Crippen LogP contribution is -2.49. The molecule has 0 aromatic carbocycles. The van der Waals surface area contributed by atoms with Crippen molar-refractivity contribution in [3.63, 3.8) is 0 Å². The number of hydrogen-bond donors (Lipinski definition) is 0. The van der Waals surface area contributed by atoms with E-state index in [-0.39, 0.29) is 5.91 Å². The molecule has 2 aliphatic heterocycles. The van der Waals surface area contributed by atoms with Crippen molar-refractivity contribution in [2.45, 2.75) is 45.6 Å². The van der Waals surface area contributed by atoms with Gasteiger partial charge in [0.25, 0.3) is 0 Å². The summed E-state index contributed by atoms with van der Waals surface area (Å²) in [6, 6.07) is 4.71. The van der Waals surface area contributed by atoms with E-state index in [2.05, 4.69) is 39.1 Å². The molecule has 1 aromatic rings. The normalized spacial score (nSPS) is 22.3. The molecule has 1 aromatic heterocycles. The van der Waals surface area contributed by atoms with Crippen molar-refractivity contribution in [2.75, 3.05) is 42.5 Å². The van der Waals surface area contributed by atoms with Gasteiger partial charge in [-0.25, -0.2) is 0 Å². The summed E-state index contributed by atoms with van der Waals surface area (Å²) < 4.78 is 0. The topological polar surface area (TPSA) is 52.6 Å². The largest absolute Gasteiger partial charge is 0.352 e. The first-order valence-corrected chi connectivity index (χ1v) is 8.82. The highest BCUT2D eigenvalue weighted by Crippen LogP contribution is 2.23. The number of piperazine rings is 1. The van der Waals surface area contributed by atoms with E-state index in [1.807, 2.05) is 11.8 Å². The Balaban J connectivity index is 1.61. The van der Waals surface area contributed by atoms with Crippen molar-refractivity contribution in [1.82, 2.24) is 15.1 Å². The van der Waals surface area contributed by atoms with Gasteiger partial charge in [-0.15, -0.1) is 10.2 Å². The number of carbonyl (C=O) groups is 1. The van der Waals surface area contributed by atoms with Crippen LogP contribution in [-0.2, 0) is 4.79 Å². The summed E-state index contributed by atoms with van der Waals surface area (Å²) in [5.74, 6) is 2.15. The third-order valence-corrected chi connectivity index (χ3v) is 4.99. The summed E-state index contributed by atoms with van der Waals surface area (Å²) in [4.78, 5) is 18.2. The van der Waals surface area contributed by atoms with Crippen LogP contribution in [-0.4, -0.2) is 59.8 Å². The van der Waals surface area contributed by atoms with Crippen LogP contribution in [0.5, 0.6) is 0 Å². The highest BCUT2D eigenvalue weighted by molar-refractivity contribution is 5.76. The van der Waals surface area contributed by atoms with Crippen LogP contribution in [0.1, 0.15) is 39.5 Å². The second-order valence-electron chi connectivity index (χ2n) is 6.51. The summed E-state index contributed by atoms with van der Waals surface area (Å²) in [5.41, 5.74) is 0. The molecule has 23 heavy (non-hydrogen) atoms. The maximum atomic E-state index is 11.7. The quantitative estimate of drug-likeness (QED) is 0.852. The summed E-state index contributed by atoms with van der Waals surface area (Å²) in [6.07, 6.45) is 4.37. The first-order chi connectivity index (χ1) is 11.2. The summed E-state index contributed by atoms with van der Waals surface area (Å²) >= 11 is 0. The van der Waals surface area contributed by atoms with Crippen LogP contribution in [0.15, 0.2) is 12.1 Å². The second kappa shape index (κ2) is 7.15. The number of aromatic nitrogens is 2. The van der Waals surface area contributed by atoms with Gasteiger partial charge in [-0.3, -0.25) is 4.79 Å². The fraction of sp³-hybridized carbons (Fsp3) is 0.706. The molecule has 0 aliphatic carbocycles. The lowest BCUT2D eigenvalue weighted by atomic mass is 10.0. The highest BCUT2D eigenvalue weighted by Gasteiger charge is 2.23. The van der Waals surface area contributed by atoms with Crippen LogP contribution in [0.3, 0.4) is 0 Å². The molecule has 2 saturated heterocycles. The molecule has 126 valence electrons. The van der Waals surface area contributed by atoms with E-state index in [0.29, 0.717) is 12.5 Å². The summed E-state index contributed by atoms with van der Waals surface area (Å²) in [5, 5.41) is 8.88. The first kappa shape index (κ1) is 16.0. The maximum absolute atomic E-state index is 11.7. The van der Waals surface area contributed by atoms with Crippen molar-refractivity contribution < 1.29 is 4.79 Å². The molecule has 2 fully saturated rings. The minimum Gasteiger partial charge on any atom is -0.352 e. The van der Waals surface area contributed by atoms with Gasteiger partial charge in [0, 0.05) is 45.2 Å². The Hall–Kier alpha value is -1.85. The lowest BCUT2D eigenvalue weighted by Gasteiger charge is -2.36. The van der Waals surface area contributed by atoms with E-state index < -0.39 is 0 Å². The van der Waals surface area contributed by atoms with Crippen molar-refractivity contribution in [3.8, 4) is 0 Å². The zero-order chi connectivity index (χ0) is 16.2. The monoisotopic (exact) mass is 317 g/mol. The van der Waals surface area contributed by atoms with Crippen molar-refractivity contribution in [3.05, 3.63) is 12.1 Å². The lowest BCUT2D eigenvalue weighted by molar-refractivity contribution is -0.131. The van der Waals surface area contributed by atoms with Crippen LogP contribution < -0.4 is 9.80 Å². The van der Waals surface area contributed by atoms with Gasteiger partial charge in [0.1, 0.15) is 0 Å². The zero-order valence-corrected chi connectivity index (χ0v) is 14.2. The van der Waals surface area contributed by atoms with E-state index >= 15 is 0 Å². The Morgan fingerprint density at radius 3 is 2.39 bits per heavy atom. The smallest absolute Gasteiger partial charge is 0.222 e. The van der Waals surface area contributed by atoms with Gasteiger partial charge < -0.3 is 14.7 Å². The molecule has 1 atom stereocenters. The molecule has 1 amide bonds. The Labute approximate surface area is 138 Å². The van der Waals surface area contributed by atoms with Gasteiger partial charge in [0.15, 0.2) is 11.6 Å². The average molecular weight is 317 g/mol. The van der Waals surface area contributed by atoms with Crippen LogP contribution in [0, 0.1) is 0 Å². The minimum atomic E-state index is 0.241. The highest BCUT2D eigenvalue weighted by atomic mass is 16.2. The minimum absolute atomic E-state index is 0.241. The third-order valence-electron chi connectivity index (χ3n) is 4.99. The fourth-order valence-corrected chi connectivity index (χ4v) is 3.49. The van der Waals surface area contributed by atoms with Crippen LogP contribution >= 0.6 is 0 Å². The molecular weight excluding hydrogens is 290 g/mol. The molecule has 0 N–H and O–H groups in total. The van der Waals surface area contributed by atoms with Crippen molar-refractivity contribution >= 4 is 17.5 Å². The van der Waals surface area contributed by atoms with Gasteiger partial charge in [-0.2, -0.15) is 0 Å². The van der Waals surface area contributed by atoms with Crippen LogP contribution in [0.25, 0.3) is 0 Å². The number of rotatable bonds is 3. The summed E-state index contributed by atoms with van der Waals surface area (Å²) in [7, 11) is 0. The second-order valence-corrected chi connectivity index (χ2v) is 6.51. The Morgan fingerprint density at radius 2 is 1.78 bits per heavy atom. The van der Waals surface area contributed by atoms with E-state index in [1.165, 1.54) is 19.3 Å². The van der Waals surface area contributed by atoms with Crippen LogP contribution in [0.4, 0.5) is 11.6 Å². The van der Waals surface area contributed by atoms with E-state index in [1.54, 1.807) is 0 Å². The molecule has 3 heterocycles. The molecule has 6 heteroatoms. The van der Waals surface area contributed by atoms with Crippen molar-refractivity contribution in [1.29, 1.82) is 0 Å². The molecule has 3 rings (SSSR count). The molecule has 0 bridgehead atoms. The SMILES string of the molecule is CCC(=O)N1CCN(c2ccc(N3CCCCC3C)nn2)CC1. The third kappa shape index (κ3) is 3.57. The molecular formula is C17H27N5O. The summed E-state index contributed by atoms with van der Waals surface area (Å²) in [6.45, 7) is 8.48. The molecule has 0 spiro atoms. The number of hydrogen-bond acceptors (Lipinski definition) is 5. The molecule has 6 nitrogen and oxygen atoms in total. The van der Waals surface area contributed by atoms with Gasteiger partial charge in [0.2, 0.25) is 5.91 Å². The van der Waals surface area contributed by atoms with E-state index in [4.69, 9.17) is 0 Å². The number of piperidine rings is 1. The molecule has 1 unspecified atom stereocenters. The molecule has 0 radical (unpaired) electrons. The van der Waals surface area contributed by atoms with Crippen LogP contribution in [0.2, 0.25) is 0 Å². The van der Waals surface area contributed by atoms with E-state index in [9.17, 15) is 4.79 Å². The molecule has 0 saturated carbocycles. The maximum Gasteiger partial charge on any atom is 0.222 e. The Morgan fingerprint density at radius 1 is 1.09 bits per heavy atom. The Kier molecular flexibility index (Phi) is 4.98. The van der Waals surface area contributed by atoms with Crippen molar-refractivity contribution in [2.24, 2.45) is 0 Å². The first-order valence-electron chi connectivity index (χ1n) is 8.82. The average Bonchev–Trinajstić information content (AvgIpc) is 2.62. The van der Waals surface area contributed by atoms with Gasteiger partial charge in [0.05, 0.1) is 0 Å². The number of nitrogens with zero attached hydrogens (tertiary/aromatic N) is 5. The number of anilines is 2. The zero-order valence-electron chi connectivity index (χ0n) is 14.2. The fourth-order valence-electron chi connectivity index (χ4n) is 3.49. The standard InChI is InChI=1S/C17H27N5O/c1-3-17(23)21-12-10-20(11-13-21)15-7-8-16(19-18-15)22-9-5-4-6-14(22)2/h7-8,14H,3-6,9-13H2,1-2H3. The van der Waals surface area contributed by atoms with Gasteiger partial charge in [-0.1, -0.05) is 6.92 Å². The molecule has 2 aliphatic rings. The predicted molar refractivity (Wildman–Crippen MR) is 91.8 cm³/mol. The van der Waals surface area contributed by atoms with Gasteiger partial charge in [-0.05, 0) is 38.3 Å². The predicted octanol–water partition coefficient (Wildman–Crippen LogP) is 1.91. The number of carbonyl (C=O) groups excluding carboxylic acids is 1.